The van der Waals surface area contributed by atoms with Crippen LogP contribution in [0.1, 0.15) is 18.7 Å². The van der Waals surface area contributed by atoms with Crippen LogP contribution in [0.15, 0.2) is 20.2 Å². The molecular weight excluding hydrogens is 442 g/mol. The van der Waals surface area contributed by atoms with Crippen LogP contribution in [0, 0.1) is 12.8 Å². The van der Waals surface area contributed by atoms with Crippen molar-refractivity contribution < 1.29 is 22.5 Å². The standard InChI is InChI=1S/C19H27N5O5S2/c1-14-21-18(22-29-14)16-12-17(30-13-16)31(26,27)24-5-2-15(3-6-24)19(25)20-4-7-23-8-10-28-11-9-23/h12-13,15H,2-11H2,1H3,(H,20,25). The van der Waals surface area contributed by atoms with Gasteiger partial charge >= 0.3 is 0 Å². The van der Waals surface area contributed by atoms with Crippen molar-refractivity contribution in [2.45, 2.75) is 24.0 Å². The molecule has 2 aromatic heterocycles. The molecule has 170 valence electrons. The molecule has 0 aromatic carbocycles. The number of hydrogen-bond acceptors (Lipinski definition) is 9. The second kappa shape index (κ2) is 9.74. The monoisotopic (exact) mass is 469 g/mol. The van der Waals surface area contributed by atoms with Gasteiger partial charge in [-0.1, -0.05) is 5.16 Å². The van der Waals surface area contributed by atoms with Crippen molar-refractivity contribution in [2.24, 2.45) is 5.92 Å². The van der Waals surface area contributed by atoms with Gasteiger partial charge in [0.05, 0.1) is 13.2 Å². The van der Waals surface area contributed by atoms with E-state index >= 15 is 0 Å². The zero-order chi connectivity index (χ0) is 21.8. The number of thiophene rings is 1. The lowest BCUT2D eigenvalue weighted by atomic mass is 9.97. The van der Waals surface area contributed by atoms with Crippen LogP contribution in [-0.2, 0) is 19.6 Å². The summed E-state index contributed by atoms with van der Waals surface area (Å²) in [5.41, 5.74) is 0.620. The zero-order valence-corrected chi connectivity index (χ0v) is 19.1. The molecule has 0 bridgehead atoms. The number of aromatic nitrogens is 2. The number of sulfonamides is 1. The van der Waals surface area contributed by atoms with Gasteiger partial charge in [0.15, 0.2) is 0 Å². The molecule has 1 N–H and O–H groups in total. The van der Waals surface area contributed by atoms with E-state index in [-0.39, 0.29) is 16.0 Å². The predicted octanol–water partition coefficient (Wildman–Crippen LogP) is 0.956. The summed E-state index contributed by atoms with van der Waals surface area (Å²) in [6.45, 7) is 7.02. The maximum absolute atomic E-state index is 13.0. The Bertz CT molecular complexity index is 991. The number of morpholine rings is 1. The normalized spacial score (nSPS) is 19.5. The molecule has 0 atom stereocenters. The number of rotatable bonds is 7. The Morgan fingerprint density at radius 3 is 2.68 bits per heavy atom. The Morgan fingerprint density at radius 2 is 2.00 bits per heavy atom. The third-order valence-corrected chi connectivity index (χ3v) is 8.92. The molecule has 1 amide bonds. The highest BCUT2D eigenvalue weighted by atomic mass is 32.2. The number of nitrogens with zero attached hydrogens (tertiary/aromatic N) is 4. The second-order valence-corrected chi connectivity index (χ2v) is 10.8. The fourth-order valence-electron chi connectivity index (χ4n) is 3.78. The molecular formula is C19H27N5O5S2. The molecule has 2 aliphatic heterocycles. The van der Waals surface area contributed by atoms with Crippen molar-refractivity contribution in [1.29, 1.82) is 0 Å². The van der Waals surface area contributed by atoms with Crippen LogP contribution >= 0.6 is 11.3 Å². The quantitative estimate of drug-likeness (QED) is 0.637. The van der Waals surface area contributed by atoms with Gasteiger partial charge in [0.25, 0.3) is 10.0 Å². The minimum absolute atomic E-state index is 0.0104. The van der Waals surface area contributed by atoms with Crippen LogP contribution in [0.2, 0.25) is 0 Å². The van der Waals surface area contributed by atoms with Gasteiger partial charge in [0, 0.05) is 63.1 Å². The predicted molar refractivity (Wildman–Crippen MR) is 114 cm³/mol. The van der Waals surface area contributed by atoms with Gasteiger partial charge in [-0.2, -0.15) is 9.29 Å². The smallest absolute Gasteiger partial charge is 0.252 e. The molecule has 2 aliphatic rings. The molecule has 2 aromatic rings. The Balaban J connectivity index is 1.27. The highest BCUT2D eigenvalue weighted by Crippen LogP contribution is 2.31. The van der Waals surface area contributed by atoms with Gasteiger partial charge in [-0.15, -0.1) is 11.3 Å². The van der Waals surface area contributed by atoms with Crippen molar-refractivity contribution >= 4 is 27.3 Å². The number of ether oxygens (including phenoxy) is 1. The molecule has 2 fully saturated rings. The fourth-order valence-corrected chi connectivity index (χ4v) is 6.56. The van der Waals surface area contributed by atoms with Gasteiger partial charge in [-0.3, -0.25) is 9.69 Å². The molecule has 0 spiro atoms. The van der Waals surface area contributed by atoms with Crippen molar-refractivity contribution in [3.63, 3.8) is 0 Å². The summed E-state index contributed by atoms with van der Waals surface area (Å²) < 4.78 is 38.0. The second-order valence-electron chi connectivity index (χ2n) is 7.71. The number of hydrogen-bond donors (Lipinski definition) is 1. The van der Waals surface area contributed by atoms with Crippen LogP contribution in [0.5, 0.6) is 0 Å². The number of carbonyl (C=O) groups excluding carboxylic acids is 1. The van der Waals surface area contributed by atoms with Crippen LogP contribution < -0.4 is 5.32 Å². The maximum Gasteiger partial charge on any atom is 0.252 e. The van der Waals surface area contributed by atoms with E-state index in [0.717, 1.165) is 44.2 Å². The van der Waals surface area contributed by atoms with E-state index < -0.39 is 10.0 Å². The van der Waals surface area contributed by atoms with Crippen molar-refractivity contribution in [3.05, 3.63) is 17.3 Å². The maximum atomic E-state index is 13.0. The lowest BCUT2D eigenvalue weighted by molar-refractivity contribution is -0.126. The number of piperidine rings is 1. The van der Waals surface area contributed by atoms with Gasteiger partial charge in [-0.25, -0.2) is 8.42 Å². The number of amides is 1. The van der Waals surface area contributed by atoms with Crippen molar-refractivity contribution in [3.8, 4) is 11.4 Å². The van der Waals surface area contributed by atoms with E-state index in [1.165, 1.54) is 4.31 Å². The van der Waals surface area contributed by atoms with E-state index in [0.29, 0.717) is 49.8 Å². The molecule has 10 nitrogen and oxygen atoms in total. The van der Waals surface area contributed by atoms with Crippen LogP contribution in [-0.4, -0.2) is 86.2 Å². The van der Waals surface area contributed by atoms with E-state index in [9.17, 15) is 13.2 Å². The molecule has 0 radical (unpaired) electrons. The first-order valence-corrected chi connectivity index (χ1v) is 12.7. The molecule has 0 unspecified atom stereocenters. The molecule has 12 heteroatoms. The van der Waals surface area contributed by atoms with Gasteiger partial charge in [0.2, 0.25) is 17.6 Å². The largest absolute Gasteiger partial charge is 0.379 e. The van der Waals surface area contributed by atoms with Crippen LogP contribution in [0.4, 0.5) is 0 Å². The fraction of sp³-hybridized carbons (Fsp3) is 0.632. The first-order valence-electron chi connectivity index (χ1n) is 10.4. The van der Waals surface area contributed by atoms with Crippen LogP contribution in [0.25, 0.3) is 11.4 Å². The van der Waals surface area contributed by atoms with Crippen LogP contribution in [0.3, 0.4) is 0 Å². The summed E-state index contributed by atoms with van der Waals surface area (Å²) in [6, 6.07) is 1.58. The van der Waals surface area contributed by atoms with Gasteiger partial charge < -0.3 is 14.6 Å². The molecule has 0 aliphatic carbocycles. The van der Waals surface area contributed by atoms with E-state index in [1.807, 2.05) is 0 Å². The third kappa shape index (κ3) is 5.32. The summed E-state index contributed by atoms with van der Waals surface area (Å²) in [4.78, 5) is 18.9. The summed E-state index contributed by atoms with van der Waals surface area (Å²) in [5.74, 6) is 0.659. The average molecular weight is 470 g/mol. The minimum atomic E-state index is -3.61. The topological polar surface area (TPSA) is 118 Å². The molecule has 2 saturated heterocycles. The average Bonchev–Trinajstić information content (AvgIpc) is 3.44. The number of carbonyl (C=O) groups is 1. The molecule has 31 heavy (non-hydrogen) atoms. The number of nitrogens with one attached hydrogen (secondary N) is 1. The third-order valence-electron chi connectivity index (χ3n) is 5.61. The van der Waals surface area contributed by atoms with E-state index in [4.69, 9.17) is 9.26 Å². The van der Waals surface area contributed by atoms with Crippen molar-refractivity contribution in [1.82, 2.24) is 24.7 Å². The van der Waals surface area contributed by atoms with Crippen molar-refractivity contribution in [2.75, 3.05) is 52.5 Å². The molecule has 0 saturated carbocycles. The summed E-state index contributed by atoms with van der Waals surface area (Å²) in [7, 11) is -3.61. The highest BCUT2D eigenvalue weighted by Gasteiger charge is 2.33. The first kappa shape index (κ1) is 22.3. The summed E-state index contributed by atoms with van der Waals surface area (Å²) in [6.07, 6.45) is 1.04. The number of aryl methyl sites for hydroxylation is 1. The van der Waals surface area contributed by atoms with E-state index in [1.54, 1.807) is 18.4 Å². The molecule has 4 rings (SSSR count). The van der Waals surface area contributed by atoms with Gasteiger partial charge in [-0.05, 0) is 18.9 Å². The minimum Gasteiger partial charge on any atom is -0.379 e. The van der Waals surface area contributed by atoms with Gasteiger partial charge in [0.1, 0.15) is 4.21 Å². The summed E-state index contributed by atoms with van der Waals surface area (Å²) in [5, 5.41) is 8.55. The first-order chi connectivity index (χ1) is 14.9. The lowest BCUT2D eigenvalue weighted by Gasteiger charge is -2.30. The molecule has 4 heterocycles. The lowest BCUT2D eigenvalue weighted by Crippen LogP contribution is -2.45. The SMILES string of the molecule is Cc1nc(-c2csc(S(=O)(=O)N3CCC(C(=O)NCCN4CCOCC4)CC3)c2)no1. The Morgan fingerprint density at radius 1 is 1.26 bits per heavy atom. The Labute approximate surface area is 185 Å². The van der Waals surface area contributed by atoms with E-state index in [2.05, 4.69) is 20.4 Å². The highest BCUT2D eigenvalue weighted by molar-refractivity contribution is 7.91. The summed E-state index contributed by atoms with van der Waals surface area (Å²) >= 11 is 1.14. The Hall–Kier alpha value is -1.86. The zero-order valence-electron chi connectivity index (χ0n) is 17.4. The Kier molecular flexibility index (Phi) is 7.02.